The Hall–Kier alpha value is -2.15. The summed E-state index contributed by atoms with van der Waals surface area (Å²) >= 11 is 0. The molecule has 1 heterocycles. The average molecular weight is 376 g/mol. The van der Waals surface area contributed by atoms with E-state index < -0.39 is 10.8 Å². The van der Waals surface area contributed by atoms with Crippen LogP contribution >= 0.6 is 0 Å². The number of carbonyl (C=O) groups is 1. The minimum absolute atomic E-state index is 0.00269. The maximum absolute atomic E-state index is 12.3. The molecule has 1 aromatic carbocycles. The predicted molar refractivity (Wildman–Crippen MR) is 100 cm³/mol. The van der Waals surface area contributed by atoms with Gasteiger partial charge in [-0.3, -0.25) is 9.00 Å². The van der Waals surface area contributed by atoms with Crippen LogP contribution in [0.15, 0.2) is 28.7 Å². The lowest BCUT2D eigenvalue weighted by molar-refractivity contribution is -0.119. The number of aromatic nitrogens is 1. The van der Waals surface area contributed by atoms with Gasteiger partial charge in [-0.25, -0.2) is 4.98 Å². The van der Waals surface area contributed by atoms with E-state index in [1.165, 1.54) is 0 Å². The summed E-state index contributed by atoms with van der Waals surface area (Å²) in [4.78, 5) is 16.5. The van der Waals surface area contributed by atoms with Crippen LogP contribution in [0, 0.1) is 6.92 Å². The highest BCUT2D eigenvalue weighted by Gasteiger charge is 2.20. The summed E-state index contributed by atoms with van der Waals surface area (Å²) in [6.07, 6.45) is 4.34. The van der Waals surface area contributed by atoms with Crippen molar-refractivity contribution >= 4 is 16.7 Å². The third-order valence-electron chi connectivity index (χ3n) is 4.52. The van der Waals surface area contributed by atoms with Crippen LogP contribution in [0.1, 0.15) is 37.1 Å². The molecule has 0 saturated heterocycles. The topological polar surface area (TPSA) is 81.4 Å². The Morgan fingerprint density at radius 3 is 2.88 bits per heavy atom. The molecular formula is C19H24N2O4S. The van der Waals surface area contributed by atoms with Crippen LogP contribution in [0.4, 0.5) is 0 Å². The molecule has 0 radical (unpaired) electrons. The Bertz CT molecular complexity index is 797. The summed E-state index contributed by atoms with van der Waals surface area (Å²) in [5.74, 6) is 1.85. The quantitative estimate of drug-likeness (QED) is 0.803. The first-order valence-corrected chi connectivity index (χ1v) is 10.3. The van der Waals surface area contributed by atoms with Crippen LogP contribution in [0.3, 0.4) is 0 Å². The molecule has 6 nitrogen and oxygen atoms in total. The van der Waals surface area contributed by atoms with E-state index in [0.717, 1.165) is 31.2 Å². The molecule has 26 heavy (non-hydrogen) atoms. The molecule has 1 aromatic heterocycles. The van der Waals surface area contributed by atoms with Crippen LogP contribution in [-0.2, 0) is 21.3 Å². The summed E-state index contributed by atoms with van der Waals surface area (Å²) in [6.45, 7) is 1.79. The van der Waals surface area contributed by atoms with E-state index in [4.69, 9.17) is 9.15 Å². The van der Waals surface area contributed by atoms with Gasteiger partial charge in [0, 0.05) is 22.4 Å². The third-order valence-corrected chi connectivity index (χ3v) is 5.70. The summed E-state index contributed by atoms with van der Waals surface area (Å²) in [6, 6.07) is 7.66. The zero-order valence-electron chi connectivity index (χ0n) is 15.1. The molecule has 0 aliphatic heterocycles. The lowest BCUT2D eigenvalue weighted by atomic mass is 10.2. The third kappa shape index (κ3) is 4.72. The zero-order valence-corrected chi connectivity index (χ0v) is 15.9. The first-order valence-electron chi connectivity index (χ1n) is 8.80. The molecule has 1 aliphatic carbocycles. The van der Waals surface area contributed by atoms with Gasteiger partial charge in [-0.2, -0.15) is 0 Å². The van der Waals surface area contributed by atoms with Crippen molar-refractivity contribution in [2.45, 2.75) is 44.4 Å². The highest BCUT2D eigenvalue weighted by Crippen LogP contribution is 2.25. The van der Waals surface area contributed by atoms with E-state index in [9.17, 15) is 9.00 Å². The number of nitrogens with one attached hydrogen (secondary N) is 1. The molecule has 1 saturated carbocycles. The van der Waals surface area contributed by atoms with E-state index >= 15 is 0 Å². The van der Waals surface area contributed by atoms with E-state index in [2.05, 4.69) is 10.3 Å². The monoisotopic (exact) mass is 376 g/mol. The summed E-state index contributed by atoms with van der Waals surface area (Å²) < 4.78 is 23.3. The Kier molecular flexibility index (Phi) is 6.08. The Balaban J connectivity index is 1.61. The number of nitrogens with zero attached hydrogens (tertiary/aromatic N) is 1. The lowest BCUT2D eigenvalue weighted by Gasteiger charge is -2.11. The Morgan fingerprint density at radius 2 is 2.15 bits per heavy atom. The highest BCUT2D eigenvalue weighted by atomic mass is 32.2. The number of oxazole rings is 1. The molecule has 1 aliphatic rings. The van der Waals surface area contributed by atoms with Crippen molar-refractivity contribution < 1.29 is 18.2 Å². The van der Waals surface area contributed by atoms with Gasteiger partial charge < -0.3 is 14.5 Å². The van der Waals surface area contributed by atoms with Crippen molar-refractivity contribution in [3.8, 4) is 17.2 Å². The maximum Gasteiger partial charge on any atom is 0.232 e. The van der Waals surface area contributed by atoms with E-state index in [0.29, 0.717) is 23.1 Å². The van der Waals surface area contributed by atoms with Gasteiger partial charge in [0.15, 0.2) is 0 Å². The van der Waals surface area contributed by atoms with E-state index in [1.807, 2.05) is 24.3 Å². The number of methoxy groups -OCH3 is 1. The van der Waals surface area contributed by atoms with Crippen molar-refractivity contribution in [1.82, 2.24) is 10.3 Å². The molecule has 0 bridgehead atoms. The lowest BCUT2D eigenvalue weighted by Crippen LogP contribution is -2.35. The number of carbonyl (C=O) groups excluding carboxylic acids is 1. The molecule has 7 heteroatoms. The average Bonchev–Trinajstić information content (AvgIpc) is 3.25. The molecule has 1 amide bonds. The molecule has 1 fully saturated rings. The van der Waals surface area contributed by atoms with Crippen LogP contribution in [0.25, 0.3) is 11.5 Å². The Morgan fingerprint density at radius 1 is 1.38 bits per heavy atom. The second-order valence-corrected chi connectivity index (χ2v) is 7.99. The molecule has 3 rings (SSSR count). The van der Waals surface area contributed by atoms with Crippen molar-refractivity contribution in [2.24, 2.45) is 0 Å². The van der Waals surface area contributed by atoms with Gasteiger partial charge >= 0.3 is 0 Å². The fourth-order valence-corrected chi connectivity index (χ4v) is 4.18. The molecule has 0 spiro atoms. The van der Waals surface area contributed by atoms with Crippen molar-refractivity contribution in [1.29, 1.82) is 0 Å². The minimum Gasteiger partial charge on any atom is -0.497 e. The second kappa shape index (κ2) is 8.49. The van der Waals surface area contributed by atoms with E-state index in [-0.39, 0.29) is 23.5 Å². The van der Waals surface area contributed by atoms with Crippen LogP contribution in [0.2, 0.25) is 0 Å². The standard InChI is InChI=1S/C19H24N2O4S/c1-13-17(11-26(23)12-18(22)20-15-7-3-4-8-15)21-19(25-13)14-6-5-9-16(10-14)24-2/h5-6,9-10,15H,3-4,7-8,11-12H2,1-2H3,(H,20,22)/t26-/m0/s1. The molecule has 140 valence electrons. The van der Waals surface area contributed by atoms with E-state index in [1.54, 1.807) is 14.0 Å². The summed E-state index contributed by atoms with van der Waals surface area (Å²) in [5.41, 5.74) is 1.42. The first kappa shape index (κ1) is 18.6. The summed E-state index contributed by atoms with van der Waals surface area (Å²) in [7, 11) is 0.283. The molecule has 2 aromatic rings. The first-order chi connectivity index (χ1) is 12.5. The number of ether oxygens (including phenoxy) is 1. The zero-order chi connectivity index (χ0) is 18.5. The number of rotatable bonds is 7. The number of hydrogen-bond acceptors (Lipinski definition) is 5. The minimum atomic E-state index is -1.32. The van der Waals surface area contributed by atoms with Crippen molar-refractivity contribution in [3.05, 3.63) is 35.7 Å². The number of hydrogen-bond donors (Lipinski definition) is 1. The van der Waals surface area contributed by atoms with Gasteiger partial charge in [0.2, 0.25) is 11.8 Å². The normalized spacial score (nSPS) is 15.8. The predicted octanol–water partition coefficient (Wildman–Crippen LogP) is 2.97. The van der Waals surface area contributed by atoms with Gasteiger partial charge in [0.05, 0.1) is 18.6 Å². The fraction of sp³-hybridized carbons (Fsp3) is 0.474. The number of benzene rings is 1. The van der Waals surface area contributed by atoms with Gasteiger partial charge in [0.1, 0.15) is 17.3 Å². The van der Waals surface area contributed by atoms with Crippen LogP contribution in [0.5, 0.6) is 5.75 Å². The Labute approximate surface area is 155 Å². The highest BCUT2D eigenvalue weighted by molar-refractivity contribution is 7.84. The maximum atomic E-state index is 12.3. The van der Waals surface area contributed by atoms with Gasteiger partial charge in [0.25, 0.3) is 0 Å². The smallest absolute Gasteiger partial charge is 0.232 e. The molecule has 0 unspecified atom stereocenters. The number of amides is 1. The largest absolute Gasteiger partial charge is 0.497 e. The SMILES string of the molecule is COc1cccc(-c2nc(C[S@](=O)CC(=O)NC3CCCC3)c(C)o2)c1. The molecule has 1 N–H and O–H groups in total. The number of aryl methyl sites for hydroxylation is 1. The van der Waals surface area contributed by atoms with Gasteiger partial charge in [-0.05, 0) is 38.0 Å². The van der Waals surface area contributed by atoms with Crippen LogP contribution in [-0.4, -0.2) is 34.0 Å². The summed E-state index contributed by atoms with van der Waals surface area (Å²) in [5, 5.41) is 2.96. The van der Waals surface area contributed by atoms with Crippen molar-refractivity contribution in [2.75, 3.05) is 12.9 Å². The van der Waals surface area contributed by atoms with Crippen LogP contribution < -0.4 is 10.1 Å². The fourth-order valence-electron chi connectivity index (χ4n) is 3.13. The molecule has 1 atom stereocenters. The van der Waals surface area contributed by atoms with Gasteiger partial charge in [-0.15, -0.1) is 0 Å². The second-order valence-electron chi connectivity index (χ2n) is 6.53. The van der Waals surface area contributed by atoms with Gasteiger partial charge in [-0.1, -0.05) is 18.9 Å². The van der Waals surface area contributed by atoms with Crippen molar-refractivity contribution in [3.63, 3.8) is 0 Å². The molecular weight excluding hydrogens is 352 g/mol.